The molecule has 5 heteroatoms. The van der Waals surface area contributed by atoms with E-state index in [2.05, 4.69) is 27.5 Å². The van der Waals surface area contributed by atoms with Gasteiger partial charge < -0.3 is 4.90 Å². The molecule has 3 rings (SSSR count). The van der Waals surface area contributed by atoms with Gasteiger partial charge in [-0.3, -0.25) is 9.69 Å². The van der Waals surface area contributed by atoms with Crippen molar-refractivity contribution >= 4 is 28.5 Å². The average Bonchev–Trinajstić information content (AvgIpc) is 2.58. The quantitative estimate of drug-likeness (QED) is 0.706. The summed E-state index contributed by atoms with van der Waals surface area (Å²) in [6.07, 6.45) is 0. The van der Waals surface area contributed by atoms with Gasteiger partial charge >= 0.3 is 0 Å². The van der Waals surface area contributed by atoms with E-state index in [0.717, 1.165) is 22.2 Å². The summed E-state index contributed by atoms with van der Waals surface area (Å²) in [6.45, 7) is 3.49. The molecule has 0 aliphatic carbocycles. The topological polar surface area (TPSA) is 23.6 Å². The molecule has 0 spiro atoms. The molecule has 1 fully saturated rings. The smallest absolute Gasteiger partial charge is 0.253 e. The third-order valence-corrected chi connectivity index (χ3v) is 4.82. The predicted octanol–water partition coefficient (Wildman–Crippen LogP) is 3.39. The predicted molar refractivity (Wildman–Crippen MR) is 96.7 cm³/mol. The Morgan fingerprint density at radius 1 is 1.00 bits per heavy atom. The molecule has 0 bridgehead atoms. The van der Waals surface area contributed by atoms with Gasteiger partial charge in [0, 0.05) is 47.4 Å². The Labute approximate surface area is 149 Å². The summed E-state index contributed by atoms with van der Waals surface area (Å²) in [6, 6.07) is 14.5. The zero-order valence-electron chi connectivity index (χ0n) is 12.7. The van der Waals surface area contributed by atoms with Crippen molar-refractivity contribution in [1.82, 2.24) is 9.80 Å². The zero-order valence-corrected chi connectivity index (χ0v) is 14.9. The maximum absolute atomic E-state index is 13.7. The molecule has 1 amide bonds. The molecule has 23 heavy (non-hydrogen) atoms. The highest BCUT2D eigenvalue weighted by molar-refractivity contribution is 14.1. The third-order valence-electron chi connectivity index (χ3n) is 4.10. The largest absolute Gasteiger partial charge is 0.336 e. The van der Waals surface area contributed by atoms with Crippen LogP contribution >= 0.6 is 22.6 Å². The fraction of sp³-hybridized carbons (Fsp3) is 0.278. The number of halogens is 2. The minimum Gasteiger partial charge on any atom is -0.336 e. The van der Waals surface area contributed by atoms with Crippen LogP contribution in [-0.4, -0.2) is 41.9 Å². The van der Waals surface area contributed by atoms with E-state index in [1.165, 1.54) is 6.07 Å². The van der Waals surface area contributed by atoms with Crippen LogP contribution in [0.1, 0.15) is 15.9 Å². The van der Waals surface area contributed by atoms with Gasteiger partial charge in [-0.2, -0.15) is 0 Å². The Morgan fingerprint density at radius 3 is 2.30 bits per heavy atom. The van der Waals surface area contributed by atoms with Crippen molar-refractivity contribution in [2.24, 2.45) is 0 Å². The number of piperazine rings is 1. The van der Waals surface area contributed by atoms with E-state index in [1.807, 2.05) is 41.3 Å². The van der Waals surface area contributed by atoms with Crippen LogP contribution in [0, 0.1) is 9.39 Å². The molecule has 1 aliphatic heterocycles. The van der Waals surface area contributed by atoms with Crippen molar-refractivity contribution in [3.8, 4) is 0 Å². The first-order valence-corrected chi connectivity index (χ1v) is 8.72. The van der Waals surface area contributed by atoms with Gasteiger partial charge in [-0.15, -0.1) is 0 Å². The number of carbonyl (C=O) groups is 1. The van der Waals surface area contributed by atoms with E-state index < -0.39 is 0 Å². The lowest BCUT2D eigenvalue weighted by Crippen LogP contribution is -2.48. The van der Waals surface area contributed by atoms with E-state index in [0.29, 0.717) is 25.2 Å². The standard InChI is InChI=1S/C18H18FIN2O/c19-17-4-2-1-3-15(17)13-21-9-11-22(12-10-21)18(23)14-5-7-16(20)8-6-14/h1-8H,9-13H2. The lowest BCUT2D eigenvalue weighted by molar-refractivity contribution is 0.0627. The van der Waals surface area contributed by atoms with Crippen LogP contribution in [0.3, 0.4) is 0 Å². The van der Waals surface area contributed by atoms with Crippen LogP contribution in [0.2, 0.25) is 0 Å². The molecule has 3 nitrogen and oxygen atoms in total. The van der Waals surface area contributed by atoms with Gasteiger partial charge in [-0.1, -0.05) is 18.2 Å². The van der Waals surface area contributed by atoms with Crippen LogP contribution in [0.5, 0.6) is 0 Å². The number of carbonyl (C=O) groups excluding carboxylic acids is 1. The van der Waals surface area contributed by atoms with Crippen LogP contribution < -0.4 is 0 Å². The summed E-state index contributed by atoms with van der Waals surface area (Å²) in [5.74, 6) is -0.0863. The monoisotopic (exact) mass is 424 g/mol. The molecule has 2 aromatic rings. The molecule has 0 N–H and O–H groups in total. The van der Waals surface area contributed by atoms with E-state index >= 15 is 0 Å². The van der Waals surface area contributed by atoms with Crippen molar-refractivity contribution in [1.29, 1.82) is 0 Å². The van der Waals surface area contributed by atoms with Crippen molar-refractivity contribution in [2.45, 2.75) is 6.54 Å². The number of nitrogens with zero attached hydrogens (tertiary/aromatic N) is 2. The Morgan fingerprint density at radius 2 is 1.65 bits per heavy atom. The second kappa shape index (κ2) is 7.40. The second-order valence-corrected chi connectivity index (χ2v) is 6.91. The summed E-state index contributed by atoms with van der Waals surface area (Å²) in [4.78, 5) is 16.5. The zero-order chi connectivity index (χ0) is 16.2. The first-order valence-electron chi connectivity index (χ1n) is 7.64. The first kappa shape index (κ1) is 16.4. The first-order chi connectivity index (χ1) is 11.1. The number of hydrogen-bond donors (Lipinski definition) is 0. The van der Waals surface area contributed by atoms with E-state index in [1.54, 1.807) is 6.07 Å². The molecule has 0 aromatic heterocycles. The molecule has 120 valence electrons. The maximum Gasteiger partial charge on any atom is 0.253 e. The molecule has 1 heterocycles. The lowest BCUT2D eigenvalue weighted by atomic mass is 10.1. The molecule has 1 saturated heterocycles. The Kier molecular flexibility index (Phi) is 5.27. The number of rotatable bonds is 3. The summed E-state index contributed by atoms with van der Waals surface area (Å²) >= 11 is 2.23. The Hall–Kier alpha value is -1.47. The average molecular weight is 424 g/mol. The maximum atomic E-state index is 13.7. The van der Waals surface area contributed by atoms with Gasteiger partial charge in [-0.25, -0.2) is 4.39 Å². The van der Waals surface area contributed by atoms with Gasteiger partial charge in [0.05, 0.1) is 0 Å². The van der Waals surface area contributed by atoms with E-state index in [4.69, 9.17) is 0 Å². The number of hydrogen-bond acceptors (Lipinski definition) is 2. The van der Waals surface area contributed by atoms with E-state index in [-0.39, 0.29) is 11.7 Å². The molecular formula is C18H18FIN2O. The molecule has 2 aromatic carbocycles. The Balaban J connectivity index is 1.57. The number of amides is 1. The molecule has 1 aliphatic rings. The van der Waals surface area contributed by atoms with Gasteiger partial charge in [0.2, 0.25) is 0 Å². The summed E-state index contributed by atoms with van der Waals surface area (Å²) < 4.78 is 14.8. The number of benzene rings is 2. The van der Waals surface area contributed by atoms with Crippen LogP contribution in [-0.2, 0) is 6.54 Å². The fourth-order valence-electron chi connectivity index (χ4n) is 2.75. The summed E-state index contributed by atoms with van der Waals surface area (Å²) in [5, 5.41) is 0. The lowest BCUT2D eigenvalue weighted by Gasteiger charge is -2.34. The highest BCUT2D eigenvalue weighted by Crippen LogP contribution is 2.14. The summed E-state index contributed by atoms with van der Waals surface area (Å²) in [7, 11) is 0. The van der Waals surface area contributed by atoms with Gasteiger partial charge in [-0.05, 0) is 52.9 Å². The fourth-order valence-corrected chi connectivity index (χ4v) is 3.11. The van der Waals surface area contributed by atoms with Crippen LogP contribution in [0.15, 0.2) is 48.5 Å². The van der Waals surface area contributed by atoms with Crippen molar-refractivity contribution in [3.63, 3.8) is 0 Å². The Bertz CT molecular complexity index is 682. The normalized spacial score (nSPS) is 15.7. The van der Waals surface area contributed by atoms with Gasteiger partial charge in [0.15, 0.2) is 0 Å². The van der Waals surface area contributed by atoms with Crippen molar-refractivity contribution < 1.29 is 9.18 Å². The molecule has 0 radical (unpaired) electrons. The molecular weight excluding hydrogens is 406 g/mol. The molecule has 0 saturated carbocycles. The van der Waals surface area contributed by atoms with Crippen molar-refractivity contribution in [3.05, 3.63) is 69.0 Å². The second-order valence-electron chi connectivity index (χ2n) is 5.67. The minimum absolute atomic E-state index is 0.0759. The van der Waals surface area contributed by atoms with Gasteiger partial charge in [0.1, 0.15) is 5.82 Å². The van der Waals surface area contributed by atoms with Crippen LogP contribution in [0.4, 0.5) is 4.39 Å². The van der Waals surface area contributed by atoms with E-state index in [9.17, 15) is 9.18 Å². The summed E-state index contributed by atoms with van der Waals surface area (Å²) in [5.41, 5.74) is 1.44. The highest BCUT2D eigenvalue weighted by Gasteiger charge is 2.22. The third kappa shape index (κ3) is 4.09. The molecule has 0 unspecified atom stereocenters. The molecule has 0 atom stereocenters. The van der Waals surface area contributed by atoms with Gasteiger partial charge in [0.25, 0.3) is 5.91 Å². The van der Waals surface area contributed by atoms with Crippen molar-refractivity contribution in [2.75, 3.05) is 26.2 Å². The highest BCUT2D eigenvalue weighted by atomic mass is 127. The SMILES string of the molecule is O=C(c1ccc(I)cc1)N1CCN(Cc2ccccc2F)CC1. The van der Waals surface area contributed by atoms with Crippen LogP contribution in [0.25, 0.3) is 0 Å². The minimum atomic E-state index is -0.162.